The van der Waals surface area contributed by atoms with Gasteiger partial charge in [-0.1, -0.05) is 30.3 Å². The second kappa shape index (κ2) is 11.1. The van der Waals surface area contributed by atoms with Crippen molar-refractivity contribution in [3.63, 3.8) is 0 Å². The summed E-state index contributed by atoms with van der Waals surface area (Å²) in [5.74, 6) is 2.08. The third-order valence-corrected chi connectivity index (χ3v) is 3.94. The van der Waals surface area contributed by atoms with Gasteiger partial charge < -0.3 is 24.8 Å². The molecule has 0 aromatic heterocycles. The van der Waals surface area contributed by atoms with Crippen molar-refractivity contribution in [2.24, 2.45) is 4.99 Å². The first-order chi connectivity index (χ1) is 13.2. The summed E-state index contributed by atoms with van der Waals surface area (Å²) in [5, 5.41) is 6.55. The van der Waals surface area contributed by atoms with Crippen molar-refractivity contribution in [3.8, 4) is 11.5 Å². The van der Waals surface area contributed by atoms with E-state index in [1.165, 1.54) is 0 Å². The lowest BCUT2D eigenvalue weighted by molar-refractivity contribution is 0.111. The monoisotopic (exact) mass is 371 g/mol. The number of hydrogen-bond donors (Lipinski definition) is 2. The van der Waals surface area contributed by atoms with Crippen molar-refractivity contribution in [1.29, 1.82) is 0 Å². The first-order valence-corrected chi connectivity index (χ1v) is 9.15. The lowest BCUT2D eigenvalue weighted by Gasteiger charge is -2.17. The Labute approximate surface area is 161 Å². The molecule has 2 aromatic carbocycles. The fourth-order valence-corrected chi connectivity index (χ4v) is 2.62. The number of rotatable bonds is 9. The van der Waals surface area contributed by atoms with Gasteiger partial charge in [-0.2, -0.15) is 0 Å². The first-order valence-electron chi connectivity index (χ1n) is 9.15. The van der Waals surface area contributed by atoms with Crippen molar-refractivity contribution in [3.05, 3.63) is 54.1 Å². The molecule has 27 heavy (non-hydrogen) atoms. The molecule has 2 aromatic rings. The Bertz CT molecular complexity index is 720. The zero-order chi connectivity index (χ0) is 19.5. The van der Waals surface area contributed by atoms with Crippen LogP contribution in [-0.2, 0) is 4.74 Å². The van der Waals surface area contributed by atoms with Crippen LogP contribution >= 0.6 is 0 Å². The molecule has 0 fully saturated rings. The minimum Gasteiger partial charge on any atom is -0.493 e. The van der Waals surface area contributed by atoms with E-state index in [2.05, 4.69) is 15.6 Å². The highest BCUT2D eigenvalue weighted by atomic mass is 16.5. The molecule has 0 bridgehead atoms. The molecule has 0 aliphatic carbocycles. The molecule has 0 radical (unpaired) electrons. The molecular formula is C21H29N3O3. The van der Waals surface area contributed by atoms with Crippen molar-refractivity contribution >= 4 is 11.6 Å². The van der Waals surface area contributed by atoms with Crippen LogP contribution in [-0.4, -0.2) is 39.9 Å². The number of nitrogens with zero attached hydrogens (tertiary/aromatic N) is 1. The summed E-state index contributed by atoms with van der Waals surface area (Å²) in [6.45, 7) is 5.82. The smallest absolute Gasteiger partial charge is 0.195 e. The number of hydrogen-bond acceptors (Lipinski definition) is 4. The van der Waals surface area contributed by atoms with Gasteiger partial charge in [0.15, 0.2) is 17.5 Å². The molecule has 6 nitrogen and oxygen atoms in total. The predicted molar refractivity (Wildman–Crippen MR) is 110 cm³/mol. The van der Waals surface area contributed by atoms with Crippen LogP contribution in [0.3, 0.4) is 0 Å². The Morgan fingerprint density at radius 1 is 1.04 bits per heavy atom. The Kier molecular flexibility index (Phi) is 8.45. The molecule has 0 aliphatic rings. The van der Waals surface area contributed by atoms with Crippen LogP contribution in [0.2, 0.25) is 0 Å². The Morgan fingerprint density at radius 2 is 1.81 bits per heavy atom. The van der Waals surface area contributed by atoms with Crippen LogP contribution in [0.25, 0.3) is 0 Å². The normalized spacial score (nSPS) is 12.4. The number of guanidine groups is 1. The summed E-state index contributed by atoms with van der Waals surface area (Å²) in [7, 11) is 3.33. The van der Waals surface area contributed by atoms with E-state index in [1.807, 2.05) is 62.4 Å². The first kappa shape index (κ1) is 20.6. The molecule has 1 unspecified atom stereocenters. The SMILES string of the molecule is CCNC(=NCC(OC)c1ccccc1)Nc1ccc(OCC)c(OC)c1. The maximum atomic E-state index is 5.60. The van der Waals surface area contributed by atoms with Gasteiger partial charge in [0.05, 0.1) is 20.3 Å². The zero-order valence-electron chi connectivity index (χ0n) is 16.5. The molecule has 0 saturated carbocycles. The average molecular weight is 371 g/mol. The van der Waals surface area contributed by atoms with Gasteiger partial charge >= 0.3 is 0 Å². The van der Waals surface area contributed by atoms with Crippen molar-refractivity contribution < 1.29 is 14.2 Å². The number of benzene rings is 2. The Balaban J connectivity index is 2.13. The maximum absolute atomic E-state index is 5.60. The van der Waals surface area contributed by atoms with E-state index < -0.39 is 0 Å². The molecular weight excluding hydrogens is 342 g/mol. The van der Waals surface area contributed by atoms with Gasteiger partial charge in [0.25, 0.3) is 0 Å². The summed E-state index contributed by atoms with van der Waals surface area (Å²) < 4.78 is 16.6. The molecule has 0 aliphatic heterocycles. The van der Waals surface area contributed by atoms with E-state index in [9.17, 15) is 0 Å². The van der Waals surface area contributed by atoms with E-state index in [-0.39, 0.29) is 6.10 Å². The molecule has 1 atom stereocenters. The van der Waals surface area contributed by atoms with Crippen LogP contribution in [0.5, 0.6) is 11.5 Å². The Morgan fingerprint density at radius 3 is 2.44 bits per heavy atom. The van der Waals surface area contributed by atoms with Crippen LogP contribution in [0, 0.1) is 0 Å². The summed E-state index contributed by atoms with van der Waals surface area (Å²) in [5.41, 5.74) is 1.96. The van der Waals surface area contributed by atoms with E-state index >= 15 is 0 Å². The van der Waals surface area contributed by atoms with Gasteiger partial charge in [-0.15, -0.1) is 0 Å². The number of ether oxygens (including phenoxy) is 3. The third kappa shape index (κ3) is 6.18. The molecule has 6 heteroatoms. The van der Waals surface area contributed by atoms with Gasteiger partial charge in [0, 0.05) is 25.4 Å². The highest BCUT2D eigenvalue weighted by Gasteiger charge is 2.11. The van der Waals surface area contributed by atoms with Gasteiger partial charge in [0.2, 0.25) is 0 Å². The average Bonchev–Trinajstić information content (AvgIpc) is 2.70. The van der Waals surface area contributed by atoms with E-state index in [0.29, 0.717) is 24.9 Å². The Hall–Kier alpha value is -2.73. The quantitative estimate of drug-likeness (QED) is 0.518. The zero-order valence-corrected chi connectivity index (χ0v) is 16.5. The number of anilines is 1. The van der Waals surface area contributed by atoms with Crippen molar-refractivity contribution in [2.75, 3.05) is 39.2 Å². The van der Waals surface area contributed by atoms with Crippen molar-refractivity contribution in [2.45, 2.75) is 20.0 Å². The highest BCUT2D eigenvalue weighted by Crippen LogP contribution is 2.30. The molecule has 2 N–H and O–H groups in total. The molecule has 0 saturated heterocycles. The minimum absolute atomic E-state index is 0.100. The molecule has 2 rings (SSSR count). The largest absolute Gasteiger partial charge is 0.493 e. The lowest BCUT2D eigenvalue weighted by Crippen LogP contribution is -2.31. The number of aliphatic imine (C=N–C) groups is 1. The number of nitrogens with one attached hydrogen (secondary N) is 2. The van der Waals surface area contributed by atoms with Gasteiger partial charge in [-0.3, -0.25) is 0 Å². The fraction of sp³-hybridized carbons (Fsp3) is 0.381. The topological polar surface area (TPSA) is 64.1 Å². The second-order valence-electron chi connectivity index (χ2n) is 5.78. The van der Waals surface area contributed by atoms with E-state index in [0.717, 1.165) is 23.5 Å². The fourth-order valence-electron chi connectivity index (χ4n) is 2.62. The van der Waals surface area contributed by atoms with Gasteiger partial charge in [0.1, 0.15) is 6.10 Å². The predicted octanol–water partition coefficient (Wildman–Crippen LogP) is 3.86. The van der Waals surface area contributed by atoms with Gasteiger partial charge in [-0.25, -0.2) is 4.99 Å². The van der Waals surface area contributed by atoms with Crippen LogP contribution in [0.15, 0.2) is 53.5 Å². The maximum Gasteiger partial charge on any atom is 0.195 e. The molecule has 146 valence electrons. The standard InChI is InChI=1S/C21H29N3O3/c1-5-22-21(23-15-20(26-4)16-10-8-7-9-11-16)24-17-12-13-18(27-6-2)19(14-17)25-3/h7-14,20H,5-6,15H2,1-4H3,(H2,22,23,24). The second-order valence-corrected chi connectivity index (χ2v) is 5.78. The van der Waals surface area contributed by atoms with Crippen LogP contribution in [0.4, 0.5) is 5.69 Å². The summed E-state index contributed by atoms with van der Waals surface area (Å²) in [4.78, 5) is 4.67. The van der Waals surface area contributed by atoms with Gasteiger partial charge in [-0.05, 0) is 31.5 Å². The molecule has 0 heterocycles. The van der Waals surface area contributed by atoms with E-state index in [1.54, 1.807) is 14.2 Å². The van der Waals surface area contributed by atoms with Crippen LogP contribution in [0.1, 0.15) is 25.5 Å². The van der Waals surface area contributed by atoms with Crippen molar-refractivity contribution in [1.82, 2.24) is 5.32 Å². The molecule has 0 spiro atoms. The third-order valence-electron chi connectivity index (χ3n) is 3.94. The summed E-state index contributed by atoms with van der Waals surface area (Å²) in [6.07, 6.45) is -0.100. The highest BCUT2D eigenvalue weighted by molar-refractivity contribution is 5.93. The number of methoxy groups -OCH3 is 2. The summed E-state index contributed by atoms with van der Waals surface area (Å²) >= 11 is 0. The minimum atomic E-state index is -0.100. The van der Waals surface area contributed by atoms with Crippen LogP contribution < -0.4 is 20.1 Å². The molecule has 0 amide bonds. The lowest BCUT2D eigenvalue weighted by atomic mass is 10.1. The summed E-state index contributed by atoms with van der Waals surface area (Å²) in [6, 6.07) is 15.8. The van der Waals surface area contributed by atoms with E-state index in [4.69, 9.17) is 14.2 Å².